The van der Waals surface area contributed by atoms with Crippen molar-refractivity contribution < 1.29 is 4.79 Å². The zero-order chi connectivity index (χ0) is 12.3. The maximum absolute atomic E-state index is 11.8. The highest BCUT2D eigenvalue weighted by Gasteiger charge is 2.06. The molecule has 4 nitrogen and oxygen atoms in total. The van der Waals surface area contributed by atoms with Gasteiger partial charge in [-0.15, -0.1) is 0 Å². The van der Waals surface area contributed by atoms with Crippen LogP contribution in [0.15, 0.2) is 42.5 Å². The van der Waals surface area contributed by atoms with Gasteiger partial charge in [-0.05, 0) is 30.3 Å². The third-order valence-electron chi connectivity index (χ3n) is 2.11. The average molecular weight is 248 g/mol. The van der Waals surface area contributed by atoms with Gasteiger partial charge in [-0.3, -0.25) is 4.79 Å². The van der Waals surface area contributed by atoms with Crippen molar-refractivity contribution in [1.29, 1.82) is 0 Å². The fourth-order valence-electron chi connectivity index (χ4n) is 1.35. The van der Waals surface area contributed by atoms with E-state index in [9.17, 15) is 4.79 Å². The monoisotopic (exact) mass is 247 g/mol. The Kier molecular flexibility index (Phi) is 3.25. The van der Waals surface area contributed by atoms with Crippen molar-refractivity contribution in [2.24, 2.45) is 0 Å². The largest absolute Gasteiger partial charge is 0.399 e. The van der Waals surface area contributed by atoms with E-state index >= 15 is 0 Å². The third-order valence-corrected chi connectivity index (χ3v) is 2.32. The van der Waals surface area contributed by atoms with E-state index in [1.807, 2.05) is 0 Å². The zero-order valence-electron chi connectivity index (χ0n) is 8.85. The molecule has 1 aromatic heterocycles. The summed E-state index contributed by atoms with van der Waals surface area (Å²) in [5, 5.41) is 2.97. The van der Waals surface area contributed by atoms with E-state index in [-0.39, 0.29) is 5.91 Å². The van der Waals surface area contributed by atoms with Crippen LogP contribution in [-0.4, -0.2) is 10.9 Å². The molecule has 2 aromatic rings. The van der Waals surface area contributed by atoms with E-state index in [0.717, 1.165) is 0 Å². The van der Waals surface area contributed by atoms with Gasteiger partial charge in [0.25, 0.3) is 5.91 Å². The van der Waals surface area contributed by atoms with Gasteiger partial charge in [0.1, 0.15) is 11.0 Å². The summed E-state index contributed by atoms with van der Waals surface area (Å²) in [6.45, 7) is 0. The number of halogens is 1. The molecule has 0 saturated carbocycles. The summed E-state index contributed by atoms with van der Waals surface area (Å²) in [4.78, 5) is 15.8. The van der Waals surface area contributed by atoms with Gasteiger partial charge >= 0.3 is 0 Å². The molecule has 2 rings (SSSR count). The molecule has 0 saturated heterocycles. The molecule has 1 amide bonds. The van der Waals surface area contributed by atoms with Gasteiger partial charge in [0.15, 0.2) is 0 Å². The van der Waals surface area contributed by atoms with Crippen LogP contribution in [0.1, 0.15) is 10.4 Å². The second-order valence-electron chi connectivity index (χ2n) is 3.43. The Hall–Kier alpha value is -2.07. The Morgan fingerprint density at radius 2 is 2.00 bits per heavy atom. The van der Waals surface area contributed by atoms with Crippen molar-refractivity contribution in [3.63, 3.8) is 0 Å². The van der Waals surface area contributed by atoms with E-state index in [0.29, 0.717) is 22.2 Å². The minimum absolute atomic E-state index is 0.271. The SMILES string of the molecule is Nc1cccc(C(=O)Nc2cccc(Cl)n2)c1. The predicted molar refractivity (Wildman–Crippen MR) is 68.1 cm³/mol. The standard InChI is InChI=1S/C12H10ClN3O/c13-10-5-2-6-11(15-10)16-12(17)8-3-1-4-9(14)7-8/h1-7H,14H2,(H,15,16,17). The van der Waals surface area contributed by atoms with Crippen LogP contribution in [0, 0.1) is 0 Å². The molecule has 0 fully saturated rings. The molecule has 5 heteroatoms. The number of nitrogens with two attached hydrogens (primary N) is 1. The molecular weight excluding hydrogens is 238 g/mol. The fourth-order valence-corrected chi connectivity index (χ4v) is 1.51. The van der Waals surface area contributed by atoms with Crippen molar-refractivity contribution in [1.82, 2.24) is 4.98 Å². The molecule has 0 aliphatic heterocycles. The molecule has 0 aliphatic carbocycles. The minimum Gasteiger partial charge on any atom is -0.399 e. The van der Waals surface area contributed by atoms with E-state index in [1.54, 1.807) is 42.5 Å². The maximum atomic E-state index is 11.8. The molecule has 3 N–H and O–H groups in total. The highest BCUT2D eigenvalue weighted by molar-refractivity contribution is 6.29. The summed E-state index contributed by atoms with van der Waals surface area (Å²) < 4.78 is 0. The number of anilines is 2. The van der Waals surface area contributed by atoms with E-state index in [2.05, 4.69) is 10.3 Å². The summed E-state index contributed by atoms with van der Waals surface area (Å²) >= 11 is 5.72. The van der Waals surface area contributed by atoms with Crippen LogP contribution in [0.5, 0.6) is 0 Å². The molecular formula is C12H10ClN3O. The second kappa shape index (κ2) is 4.84. The topological polar surface area (TPSA) is 68.0 Å². The first-order valence-corrected chi connectivity index (χ1v) is 5.32. The molecule has 1 heterocycles. The van der Waals surface area contributed by atoms with Gasteiger partial charge in [-0.25, -0.2) is 4.98 Å². The lowest BCUT2D eigenvalue weighted by Gasteiger charge is -2.05. The highest BCUT2D eigenvalue weighted by Crippen LogP contribution is 2.12. The Morgan fingerprint density at radius 1 is 1.24 bits per heavy atom. The van der Waals surface area contributed by atoms with Crippen LogP contribution < -0.4 is 11.1 Å². The van der Waals surface area contributed by atoms with Gasteiger partial charge in [-0.1, -0.05) is 23.7 Å². The van der Waals surface area contributed by atoms with Crippen molar-refractivity contribution in [2.75, 3.05) is 11.1 Å². The summed E-state index contributed by atoms with van der Waals surface area (Å²) in [6, 6.07) is 11.7. The highest BCUT2D eigenvalue weighted by atomic mass is 35.5. The number of carbonyl (C=O) groups is 1. The van der Waals surface area contributed by atoms with Gasteiger partial charge < -0.3 is 11.1 Å². The van der Waals surface area contributed by atoms with Crippen molar-refractivity contribution in [3.8, 4) is 0 Å². The number of nitrogens with one attached hydrogen (secondary N) is 1. The molecule has 17 heavy (non-hydrogen) atoms. The van der Waals surface area contributed by atoms with Crippen molar-refractivity contribution >= 4 is 29.0 Å². The van der Waals surface area contributed by atoms with Crippen LogP contribution in [0.3, 0.4) is 0 Å². The van der Waals surface area contributed by atoms with Crippen LogP contribution in [-0.2, 0) is 0 Å². The lowest BCUT2D eigenvalue weighted by atomic mass is 10.2. The van der Waals surface area contributed by atoms with Crippen LogP contribution in [0.2, 0.25) is 5.15 Å². The van der Waals surface area contributed by atoms with E-state index in [4.69, 9.17) is 17.3 Å². The van der Waals surface area contributed by atoms with Gasteiger partial charge in [0.2, 0.25) is 0 Å². The molecule has 0 atom stereocenters. The van der Waals surface area contributed by atoms with Crippen molar-refractivity contribution in [3.05, 3.63) is 53.2 Å². The molecule has 86 valence electrons. The van der Waals surface area contributed by atoms with Gasteiger partial charge in [-0.2, -0.15) is 0 Å². The Balaban J connectivity index is 2.17. The Morgan fingerprint density at radius 3 is 2.71 bits per heavy atom. The number of pyridine rings is 1. The van der Waals surface area contributed by atoms with Crippen LogP contribution in [0.4, 0.5) is 11.5 Å². The number of nitrogen functional groups attached to an aromatic ring is 1. The van der Waals surface area contributed by atoms with Crippen LogP contribution in [0.25, 0.3) is 0 Å². The second-order valence-corrected chi connectivity index (χ2v) is 3.81. The molecule has 0 unspecified atom stereocenters. The number of benzene rings is 1. The number of aromatic nitrogens is 1. The first kappa shape index (κ1) is 11.4. The van der Waals surface area contributed by atoms with Crippen molar-refractivity contribution in [2.45, 2.75) is 0 Å². The Labute approximate surface area is 103 Å². The number of rotatable bonds is 2. The smallest absolute Gasteiger partial charge is 0.256 e. The first-order valence-electron chi connectivity index (χ1n) is 4.94. The minimum atomic E-state index is -0.271. The lowest BCUT2D eigenvalue weighted by molar-refractivity contribution is 0.102. The fraction of sp³-hybridized carbons (Fsp3) is 0. The average Bonchev–Trinajstić information content (AvgIpc) is 2.29. The molecule has 0 spiro atoms. The number of hydrogen-bond donors (Lipinski definition) is 2. The molecule has 1 aromatic carbocycles. The quantitative estimate of drug-likeness (QED) is 0.633. The molecule has 0 radical (unpaired) electrons. The predicted octanol–water partition coefficient (Wildman–Crippen LogP) is 2.57. The number of nitrogens with zero attached hydrogens (tertiary/aromatic N) is 1. The van der Waals surface area contributed by atoms with E-state index < -0.39 is 0 Å². The van der Waals surface area contributed by atoms with E-state index in [1.165, 1.54) is 0 Å². The number of amides is 1. The normalized spacial score (nSPS) is 9.94. The summed E-state index contributed by atoms with van der Waals surface area (Å²) in [5.74, 6) is 0.136. The van der Waals surface area contributed by atoms with Gasteiger partial charge in [0, 0.05) is 11.3 Å². The van der Waals surface area contributed by atoms with Gasteiger partial charge in [0.05, 0.1) is 0 Å². The summed E-state index contributed by atoms with van der Waals surface area (Å²) in [5.41, 5.74) is 6.61. The number of carbonyl (C=O) groups excluding carboxylic acids is 1. The first-order chi connectivity index (χ1) is 8.15. The van der Waals surface area contributed by atoms with Crippen LogP contribution >= 0.6 is 11.6 Å². The molecule has 0 bridgehead atoms. The third kappa shape index (κ3) is 2.95. The molecule has 0 aliphatic rings. The lowest BCUT2D eigenvalue weighted by Crippen LogP contribution is -2.13. The zero-order valence-corrected chi connectivity index (χ0v) is 9.61. The summed E-state index contributed by atoms with van der Waals surface area (Å²) in [7, 11) is 0. The maximum Gasteiger partial charge on any atom is 0.256 e. The number of hydrogen-bond acceptors (Lipinski definition) is 3. The summed E-state index contributed by atoms with van der Waals surface area (Å²) in [6.07, 6.45) is 0. The Bertz CT molecular complexity index is 557.